The van der Waals surface area contributed by atoms with Gasteiger partial charge in [-0.25, -0.2) is 0 Å². The summed E-state index contributed by atoms with van der Waals surface area (Å²) in [6.07, 6.45) is 0. The minimum Gasteiger partial charge on any atom is -0.594 e. The van der Waals surface area contributed by atoms with Crippen molar-refractivity contribution in [2.24, 2.45) is 5.11 Å². The van der Waals surface area contributed by atoms with Crippen molar-refractivity contribution in [3.8, 4) is 0 Å². The van der Waals surface area contributed by atoms with Crippen molar-refractivity contribution < 1.29 is 4.86 Å². The predicted octanol–water partition coefficient (Wildman–Crippen LogP) is 4.19. The zero-order valence-corrected chi connectivity index (χ0v) is 12.5. The Morgan fingerprint density at radius 3 is 2.31 bits per heavy atom. The number of halogens is 2. The van der Waals surface area contributed by atoms with E-state index in [0.29, 0.717) is 20.7 Å². The lowest BCUT2D eigenvalue weighted by molar-refractivity contribution is -0.449. The lowest BCUT2D eigenvalue weighted by atomic mass is 10.1. The molecule has 1 aromatic rings. The quantitative estimate of drug-likeness (QED) is 0.357. The number of nitrogens with zero attached hydrogens (tertiary/aromatic N) is 2. The molecule has 0 aliphatic heterocycles. The van der Waals surface area contributed by atoms with Gasteiger partial charge in [-0.15, -0.1) is 0 Å². The van der Waals surface area contributed by atoms with Gasteiger partial charge in [0.05, 0.1) is 4.47 Å². The lowest BCUT2D eigenvalue weighted by Crippen LogP contribution is -2.13. The number of benzene rings is 1. The number of anilines is 1. The average Bonchev–Trinajstić information content (AvgIpc) is 1.96. The van der Waals surface area contributed by atoms with Crippen LogP contribution in [0.1, 0.15) is 20.8 Å². The van der Waals surface area contributed by atoms with Crippen molar-refractivity contribution in [1.82, 2.24) is 0 Å². The summed E-state index contributed by atoms with van der Waals surface area (Å²) in [4.78, 5) is 0.561. The van der Waals surface area contributed by atoms with Gasteiger partial charge in [0, 0.05) is 4.47 Å². The van der Waals surface area contributed by atoms with Crippen LogP contribution in [0.15, 0.2) is 26.2 Å². The van der Waals surface area contributed by atoms with Gasteiger partial charge in [0.2, 0.25) is 0 Å². The van der Waals surface area contributed by atoms with Gasteiger partial charge >= 0.3 is 0 Å². The second-order valence-corrected chi connectivity index (χ2v) is 6.14. The zero-order chi connectivity index (χ0) is 12.5. The molecule has 1 aromatic carbocycles. The number of hydrogen-bond donors (Lipinski definition) is 1. The predicted molar refractivity (Wildman–Crippen MR) is 71.7 cm³/mol. The summed E-state index contributed by atoms with van der Waals surface area (Å²) >= 11 is 6.59. The van der Waals surface area contributed by atoms with Crippen LogP contribution in [0.4, 0.5) is 11.4 Å². The third-order valence-electron chi connectivity index (χ3n) is 1.64. The fraction of sp³-hybridized carbons (Fsp3) is 0.400. The Bertz CT molecular complexity index is 415. The van der Waals surface area contributed by atoms with E-state index in [9.17, 15) is 5.21 Å². The fourth-order valence-electron chi connectivity index (χ4n) is 1.11. The van der Waals surface area contributed by atoms with E-state index in [-0.39, 0.29) is 0 Å². The first-order valence-electron chi connectivity index (χ1n) is 4.65. The highest BCUT2D eigenvalue weighted by atomic mass is 79.9. The van der Waals surface area contributed by atoms with Crippen LogP contribution in [-0.4, -0.2) is 10.4 Å². The van der Waals surface area contributed by atoms with Crippen molar-refractivity contribution in [2.75, 3.05) is 5.73 Å². The summed E-state index contributed by atoms with van der Waals surface area (Å²) in [5.74, 6) is 0. The first-order chi connectivity index (χ1) is 7.20. The van der Waals surface area contributed by atoms with Crippen LogP contribution in [0, 0.1) is 5.21 Å². The van der Waals surface area contributed by atoms with Gasteiger partial charge in [0.25, 0.3) is 5.69 Å². The van der Waals surface area contributed by atoms with Gasteiger partial charge in [-0.05, 0) is 53.9 Å². The Labute approximate surface area is 111 Å². The van der Waals surface area contributed by atoms with Gasteiger partial charge in [0.1, 0.15) is 11.2 Å². The first kappa shape index (κ1) is 13.4. The van der Waals surface area contributed by atoms with Crippen LogP contribution in [0.2, 0.25) is 0 Å². The summed E-state index contributed by atoms with van der Waals surface area (Å²) < 4.78 is 1.42. The summed E-state index contributed by atoms with van der Waals surface area (Å²) in [5.41, 5.74) is 6.05. The Kier molecular flexibility index (Phi) is 3.96. The van der Waals surface area contributed by atoms with E-state index in [1.165, 1.54) is 0 Å². The highest BCUT2D eigenvalue weighted by Gasteiger charge is 2.20. The minimum atomic E-state index is -0.444. The lowest BCUT2D eigenvalue weighted by Gasteiger charge is -2.11. The number of hydrogen-bond acceptors (Lipinski definition) is 3. The Morgan fingerprint density at radius 2 is 1.88 bits per heavy atom. The minimum absolute atomic E-state index is 0.332. The van der Waals surface area contributed by atoms with Crippen molar-refractivity contribution in [2.45, 2.75) is 26.3 Å². The van der Waals surface area contributed by atoms with Crippen LogP contribution < -0.4 is 5.73 Å². The standard InChI is InChI=1S/C10H13Br2N3O/c1-10(2,3)14-15(16)9-7(12)4-6(11)5-8(9)13/h4-5H,13H2,1-3H3. The Morgan fingerprint density at radius 1 is 1.31 bits per heavy atom. The molecule has 0 atom stereocenters. The van der Waals surface area contributed by atoms with E-state index in [1.54, 1.807) is 12.1 Å². The highest BCUT2D eigenvalue weighted by molar-refractivity contribution is 9.11. The molecule has 88 valence electrons. The molecule has 6 heteroatoms. The second-order valence-electron chi connectivity index (χ2n) is 4.37. The Hall–Kier alpha value is -0.620. The molecule has 0 bridgehead atoms. The summed E-state index contributed by atoms with van der Waals surface area (Å²) in [5, 5.41) is 15.8. The van der Waals surface area contributed by atoms with Crippen molar-refractivity contribution >= 4 is 43.2 Å². The molecule has 0 radical (unpaired) electrons. The van der Waals surface area contributed by atoms with E-state index in [1.807, 2.05) is 20.8 Å². The SMILES string of the molecule is CC(C)(C)N=[N+]([O-])c1c(N)cc(Br)cc1Br. The molecule has 0 unspecified atom stereocenters. The molecule has 0 heterocycles. The molecule has 0 aromatic heterocycles. The molecule has 1 rings (SSSR count). The van der Waals surface area contributed by atoms with E-state index in [2.05, 4.69) is 37.0 Å². The first-order valence-corrected chi connectivity index (χ1v) is 6.24. The third-order valence-corrected chi connectivity index (χ3v) is 2.70. The molecule has 4 nitrogen and oxygen atoms in total. The monoisotopic (exact) mass is 349 g/mol. The van der Waals surface area contributed by atoms with Crippen LogP contribution in [0.25, 0.3) is 0 Å². The van der Waals surface area contributed by atoms with E-state index < -0.39 is 5.54 Å². The van der Waals surface area contributed by atoms with Crippen molar-refractivity contribution in [3.63, 3.8) is 0 Å². The van der Waals surface area contributed by atoms with Crippen molar-refractivity contribution in [1.29, 1.82) is 0 Å². The van der Waals surface area contributed by atoms with Crippen LogP contribution in [-0.2, 0) is 0 Å². The van der Waals surface area contributed by atoms with Crippen LogP contribution in [0.3, 0.4) is 0 Å². The van der Waals surface area contributed by atoms with E-state index >= 15 is 0 Å². The Balaban J connectivity index is 3.29. The number of nitrogens with two attached hydrogens (primary N) is 1. The number of nitrogen functional groups attached to an aromatic ring is 1. The molecular weight excluding hydrogens is 338 g/mol. The van der Waals surface area contributed by atoms with Gasteiger partial charge in [-0.1, -0.05) is 20.8 Å². The molecule has 0 aliphatic rings. The molecule has 0 fully saturated rings. The second kappa shape index (κ2) is 4.71. The van der Waals surface area contributed by atoms with E-state index in [4.69, 9.17) is 5.73 Å². The largest absolute Gasteiger partial charge is 0.594 e. The number of azo groups is 1. The average molecular weight is 351 g/mol. The fourth-order valence-corrected chi connectivity index (χ4v) is 2.52. The molecule has 0 saturated carbocycles. The topological polar surface area (TPSA) is 64.5 Å². The molecule has 0 aliphatic carbocycles. The normalized spacial score (nSPS) is 12.9. The van der Waals surface area contributed by atoms with Crippen LogP contribution in [0.5, 0.6) is 0 Å². The highest BCUT2D eigenvalue weighted by Crippen LogP contribution is 2.35. The van der Waals surface area contributed by atoms with Gasteiger partial charge in [-0.3, -0.25) is 0 Å². The molecule has 0 spiro atoms. The molecule has 0 amide bonds. The molecule has 2 N–H and O–H groups in total. The van der Waals surface area contributed by atoms with Gasteiger partial charge < -0.3 is 10.9 Å². The zero-order valence-electron chi connectivity index (χ0n) is 9.29. The maximum atomic E-state index is 11.8. The third kappa shape index (κ3) is 3.45. The summed E-state index contributed by atoms with van der Waals surface area (Å²) in [6.45, 7) is 5.54. The van der Waals surface area contributed by atoms with Gasteiger partial charge in [0.15, 0.2) is 0 Å². The summed E-state index contributed by atoms with van der Waals surface area (Å²) in [7, 11) is 0. The maximum absolute atomic E-state index is 11.8. The van der Waals surface area contributed by atoms with Crippen molar-refractivity contribution in [3.05, 3.63) is 26.3 Å². The smallest absolute Gasteiger partial charge is 0.281 e. The molecule has 16 heavy (non-hydrogen) atoms. The molecular formula is C10H13Br2N3O. The van der Waals surface area contributed by atoms with Gasteiger partial charge in [-0.2, -0.15) is 0 Å². The van der Waals surface area contributed by atoms with Crippen LogP contribution >= 0.6 is 31.9 Å². The summed E-state index contributed by atoms with van der Waals surface area (Å²) in [6, 6.07) is 3.43. The number of rotatable bonds is 1. The van der Waals surface area contributed by atoms with E-state index in [0.717, 1.165) is 4.47 Å². The maximum Gasteiger partial charge on any atom is 0.281 e. The molecule has 0 saturated heterocycles.